The Hall–Kier alpha value is -4.08. The maximum absolute atomic E-state index is 13.5. The van der Waals surface area contributed by atoms with Gasteiger partial charge in [-0.25, -0.2) is 9.59 Å². The van der Waals surface area contributed by atoms with Crippen molar-refractivity contribution >= 4 is 23.8 Å². The maximum Gasteiger partial charge on any atom is 0.416 e. The lowest BCUT2D eigenvalue weighted by atomic mass is 9.80. The first kappa shape index (κ1) is 27.5. The van der Waals surface area contributed by atoms with E-state index >= 15 is 0 Å². The van der Waals surface area contributed by atoms with Crippen LogP contribution in [-0.4, -0.2) is 38.4 Å². The molecule has 1 atom stereocenters. The molecule has 1 heterocycles. The zero-order valence-electron chi connectivity index (χ0n) is 21.1. The van der Waals surface area contributed by atoms with Crippen LogP contribution in [0.15, 0.2) is 76.2 Å². The second-order valence-corrected chi connectivity index (χ2v) is 8.61. The highest BCUT2D eigenvalue weighted by Gasteiger charge is 2.42. The van der Waals surface area contributed by atoms with E-state index in [1.807, 2.05) is 0 Å². The third-order valence-electron chi connectivity index (χ3n) is 5.77. The number of nitrogens with zero attached hydrogens (tertiary/aromatic N) is 2. The van der Waals surface area contributed by atoms with E-state index in [4.69, 9.17) is 15.2 Å². The zero-order chi connectivity index (χ0) is 27.5. The average molecular weight is 516 g/mol. The van der Waals surface area contributed by atoms with Crippen LogP contribution >= 0.6 is 0 Å². The molecule has 196 valence electrons. The minimum Gasteiger partial charge on any atom is -0.466 e. The number of carbonyl (C=O) groups is 2. The zero-order valence-corrected chi connectivity index (χ0v) is 21.1. The van der Waals surface area contributed by atoms with Crippen LogP contribution in [0.2, 0.25) is 0 Å². The van der Waals surface area contributed by atoms with Gasteiger partial charge < -0.3 is 20.1 Å². The van der Waals surface area contributed by atoms with Crippen molar-refractivity contribution in [3.63, 3.8) is 0 Å². The topological polar surface area (TPSA) is 94.2 Å². The van der Waals surface area contributed by atoms with Crippen molar-refractivity contribution in [1.82, 2.24) is 0 Å². The van der Waals surface area contributed by atoms with Crippen molar-refractivity contribution in [3.8, 4) is 0 Å². The predicted octanol–water partition coefficient (Wildman–Crippen LogP) is 4.93. The first-order valence-corrected chi connectivity index (χ1v) is 11.4. The van der Waals surface area contributed by atoms with Gasteiger partial charge in [-0.1, -0.05) is 30.3 Å². The quantitative estimate of drug-likeness (QED) is 0.433. The molecule has 0 aromatic heterocycles. The monoisotopic (exact) mass is 515 g/mol. The lowest BCUT2D eigenvalue weighted by Crippen LogP contribution is -2.39. The molecule has 10 heteroatoms. The number of rotatable bonds is 6. The fraction of sp³-hybridized carbons (Fsp3) is 0.296. The van der Waals surface area contributed by atoms with Crippen LogP contribution in [0.25, 0.3) is 0 Å². The number of aliphatic imine (C=N–C) groups is 1. The van der Waals surface area contributed by atoms with Crippen LogP contribution in [0.5, 0.6) is 0 Å². The number of benzene rings is 2. The second-order valence-electron chi connectivity index (χ2n) is 8.61. The van der Waals surface area contributed by atoms with Gasteiger partial charge in [0.2, 0.25) is 0 Å². The van der Waals surface area contributed by atoms with E-state index in [9.17, 15) is 22.8 Å². The van der Waals surface area contributed by atoms with E-state index < -0.39 is 35.7 Å². The van der Waals surface area contributed by atoms with Crippen LogP contribution in [0.1, 0.15) is 43.4 Å². The molecule has 2 aromatic rings. The molecule has 7 nitrogen and oxygen atoms in total. The van der Waals surface area contributed by atoms with Gasteiger partial charge in [0.05, 0.1) is 35.8 Å². The summed E-state index contributed by atoms with van der Waals surface area (Å²) >= 11 is 0. The SMILES string of the molecule is CN=Cc1ccc(C2C(C(=O)OC)=C(C)N(c3cccc(C(F)(F)F)c3)C(N)=C2C(=O)OC(C)C)cc1. The summed E-state index contributed by atoms with van der Waals surface area (Å²) in [5.74, 6) is -2.71. The van der Waals surface area contributed by atoms with Crippen molar-refractivity contribution in [2.45, 2.75) is 39.0 Å². The molecule has 2 aromatic carbocycles. The molecule has 0 saturated heterocycles. The van der Waals surface area contributed by atoms with Crippen molar-refractivity contribution in [2.75, 3.05) is 19.1 Å². The molecule has 0 amide bonds. The predicted molar refractivity (Wildman–Crippen MR) is 134 cm³/mol. The van der Waals surface area contributed by atoms with Gasteiger partial charge in [0, 0.05) is 24.6 Å². The molecule has 1 aliphatic heterocycles. The summed E-state index contributed by atoms with van der Waals surface area (Å²) in [4.78, 5) is 31.7. The first-order valence-electron chi connectivity index (χ1n) is 11.4. The fourth-order valence-electron chi connectivity index (χ4n) is 4.21. The molecule has 3 rings (SSSR count). The van der Waals surface area contributed by atoms with E-state index in [0.717, 1.165) is 17.7 Å². The summed E-state index contributed by atoms with van der Waals surface area (Å²) < 4.78 is 50.9. The number of anilines is 1. The Bertz CT molecular complexity index is 1280. The summed E-state index contributed by atoms with van der Waals surface area (Å²) in [6.07, 6.45) is -3.49. The Morgan fingerprint density at radius 2 is 1.73 bits per heavy atom. The molecular weight excluding hydrogens is 487 g/mol. The number of hydrogen-bond donors (Lipinski definition) is 1. The number of ether oxygens (including phenoxy) is 2. The van der Waals surface area contributed by atoms with Crippen LogP contribution in [0.3, 0.4) is 0 Å². The average Bonchev–Trinajstić information content (AvgIpc) is 2.83. The van der Waals surface area contributed by atoms with Crippen LogP contribution in [0.4, 0.5) is 18.9 Å². The van der Waals surface area contributed by atoms with Crippen molar-refractivity contribution in [1.29, 1.82) is 0 Å². The van der Waals surface area contributed by atoms with E-state index in [2.05, 4.69) is 4.99 Å². The Kier molecular flexibility index (Phi) is 8.10. The summed E-state index contributed by atoms with van der Waals surface area (Å²) in [5.41, 5.74) is 7.12. The smallest absolute Gasteiger partial charge is 0.416 e. The van der Waals surface area contributed by atoms with E-state index in [1.165, 1.54) is 31.1 Å². The summed E-state index contributed by atoms with van der Waals surface area (Å²) in [6, 6.07) is 11.4. The summed E-state index contributed by atoms with van der Waals surface area (Å²) in [5, 5.41) is 0. The van der Waals surface area contributed by atoms with Crippen molar-refractivity contribution in [3.05, 3.63) is 87.9 Å². The third-order valence-corrected chi connectivity index (χ3v) is 5.77. The lowest BCUT2D eigenvalue weighted by molar-refractivity contribution is -0.143. The number of hydrogen-bond acceptors (Lipinski definition) is 7. The van der Waals surface area contributed by atoms with Gasteiger partial charge in [-0.3, -0.25) is 4.99 Å². The Morgan fingerprint density at radius 3 is 2.27 bits per heavy atom. The molecule has 0 spiro atoms. The summed E-state index contributed by atoms with van der Waals surface area (Å²) in [6.45, 7) is 4.84. The third kappa shape index (κ3) is 5.68. The molecule has 0 aliphatic carbocycles. The fourth-order valence-corrected chi connectivity index (χ4v) is 4.21. The lowest BCUT2D eigenvalue weighted by Gasteiger charge is -2.37. The van der Waals surface area contributed by atoms with Gasteiger partial charge in [-0.15, -0.1) is 0 Å². The number of esters is 2. The molecule has 0 fully saturated rings. The van der Waals surface area contributed by atoms with E-state index in [1.54, 1.807) is 51.4 Å². The standard InChI is InChI=1S/C27H28F3N3O4/c1-15(2)37-26(35)23-22(18-11-9-17(10-12-18)14-32-4)21(25(34)36-5)16(3)33(24(23)31)20-8-6-7-19(13-20)27(28,29)30/h6-15,22H,31H2,1-5H3. The highest BCUT2D eigenvalue weighted by molar-refractivity contribution is 6.01. The second kappa shape index (κ2) is 10.9. The van der Waals surface area contributed by atoms with Gasteiger partial charge in [-0.05, 0) is 50.1 Å². The molecule has 37 heavy (non-hydrogen) atoms. The summed E-state index contributed by atoms with van der Waals surface area (Å²) in [7, 11) is 2.81. The van der Waals surface area contributed by atoms with E-state index in [0.29, 0.717) is 5.56 Å². The number of nitrogens with two attached hydrogens (primary N) is 1. The largest absolute Gasteiger partial charge is 0.466 e. The number of carbonyl (C=O) groups excluding carboxylic acids is 2. The van der Waals surface area contributed by atoms with Gasteiger partial charge in [0.1, 0.15) is 5.82 Å². The Labute approximate surface area is 213 Å². The number of alkyl halides is 3. The number of halogens is 3. The first-order chi connectivity index (χ1) is 17.4. The van der Waals surface area contributed by atoms with Crippen LogP contribution in [0, 0.1) is 0 Å². The van der Waals surface area contributed by atoms with Crippen molar-refractivity contribution in [2.24, 2.45) is 10.7 Å². The van der Waals surface area contributed by atoms with Gasteiger partial charge in [0.25, 0.3) is 0 Å². The number of allylic oxidation sites excluding steroid dienone is 1. The molecule has 2 N–H and O–H groups in total. The van der Waals surface area contributed by atoms with Gasteiger partial charge in [-0.2, -0.15) is 13.2 Å². The van der Waals surface area contributed by atoms with Gasteiger partial charge in [0.15, 0.2) is 0 Å². The molecule has 0 saturated carbocycles. The molecule has 1 unspecified atom stereocenters. The Balaban J connectivity index is 2.33. The molecule has 0 bridgehead atoms. The van der Waals surface area contributed by atoms with E-state index in [-0.39, 0.29) is 28.4 Å². The van der Waals surface area contributed by atoms with Crippen molar-refractivity contribution < 1.29 is 32.2 Å². The number of methoxy groups -OCH3 is 1. The minimum atomic E-state index is -4.61. The minimum absolute atomic E-state index is 0.0223. The molecule has 1 aliphatic rings. The molecule has 0 radical (unpaired) electrons. The maximum atomic E-state index is 13.5. The highest BCUT2D eigenvalue weighted by atomic mass is 19.4. The highest BCUT2D eigenvalue weighted by Crippen LogP contribution is 2.44. The van der Waals surface area contributed by atoms with Crippen LogP contribution in [-0.2, 0) is 25.2 Å². The van der Waals surface area contributed by atoms with Crippen LogP contribution < -0.4 is 10.6 Å². The molecular formula is C27H28F3N3O4. The Morgan fingerprint density at radius 1 is 1.08 bits per heavy atom. The normalized spacial score (nSPS) is 16.6. The van der Waals surface area contributed by atoms with Gasteiger partial charge >= 0.3 is 18.1 Å².